The molecule has 1 N–H and O–H groups in total. The van der Waals surface area contributed by atoms with Gasteiger partial charge < -0.3 is 14.8 Å². The highest BCUT2D eigenvalue weighted by Gasteiger charge is 2.20. The van der Waals surface area contributed by atoms with E-state index < -0.39 is 0 Å². The average molecular weight is 267 g/mol. The van der Waals surface area contributed by atoms with Gasteiger partial charge in [-0.25, -0.2) is 0 Å². The van der Waals surface area contributed by atoms with Gasteiger partial charge in [0.25, 0.3) is 0 Å². The van der Waals surface area contributed by atoms with E-state index in [-0.39, 0.29) is 0 Å². The van der Waals surface area contributed by atoms with Crippen LogP contribution in [0.1, 0.15) is 30.5 Å². The normalized spacial score (nSPS) is 15.1. The van der Waals surface area contributed by atoms with Crippen LogP contribution in [-0.4, -0.2) is 42.8 Å². The van der Waals surface area contributed by atoms with Gasteiger partial charge in [0.1, 0.15) is 0 Å². The highest BCUT2D eigenvalue weighted by molar-refractivity contribution is 5.15. The summed E-state index contributed by atoms with van der Waals surface area (Å²) < 4.78 is 12.5. The van der Waals surface area contributed by atoms with Gasteiger partial charge in [0.2, 0.25) is 0 Å². The Morgan fingerprint density at radius 3 is 2.95 bits per heavy atom. The Labute approximate surface area is 115 Å². The van der Waals surface area contributed by atoms with E-state index in [0.29, 0.717) is 6.61 Å². The average Bonchev–Trinajstić information content (AvgIpc) is 3.16. The Morgan fingerprint density at radius 2 is 2.21 bits per heavy atom. The maximum atomic E-state index is 5.54. The molecule has 5 heteroatoms. The number of methoxy groups -OCH3 is 1. The highest BCUT2D eigenvalue weighted by atomic mass is 16.5. The number of rotatable bonds is 10. The molecule has 19 heavy (non-hydrogen) atoms. The number of hydrogen-bond acceptors (Lipinski definition) is 4. The van der Waals surface area contributed by atoms with E-state index >= 15 is 0 Å². The quantitative estimate of drug-likeness (QED) is 0.653. The molecule has 0 radical (unpaired) electrons. The summed E-state index contributed by atoms with van der Waals surface area (Å²) in [6.07, 6.45) is 5.72. The summed E-state index contributed by atoms with van der Waals surface area (Å²) in [7, 11) is 1.71. The van der Waals surface area contributed by atoms with Crippen molar-refractivity contribution < 1.29 is 9.47 Å². The predicted octanol–water partition coefficient (Wildman–Crippen LogP) is 1.50. The van der Waals surface area contributed by atoms with Crippen molar-refractivity contribution in [1.29, 1.82) is 0 Å². The molecule has 108 valence electrons. The van der Waals surface area contributed by atoms with Crippen LogP contribution in [0.5, 0.6) is 0 Å². The highest BCUT2D eigenvalue weighted by Crippen LogP contribution is 2.19. The van der Waals surface area contributed by atoms with Crippen molar-refractivity contribution in [2.45, 2.75) is 45.3 Å². The van der Waals surface area contributed by atoms with Crippen LogP contribution in [0.25, 0.3) is 0 Å². The summed E-state index contributed by atoms with van der Waals surface area (Å²) in [5, 5.41) is 8.03. The zero-order chi connectivity index (χ0) is 13.5. The second kappa shape index (κ2) is 7.62. The molecule has 0 atom stereocenters. The van der Waals surface area contributed by atoms with Gasteiger partial charge in [-0.05, 0) is 26.2 Å². The first kappa shape index (κ1) is 14.5. The molecular weight excluding hydrogens is 242 g/mol. The van der Waals surface area contributed by atoms with Crippen LogP contribution in [0.3, 0.4) is 0 Å². The predicted molar refractivity (Wildman–Crippen MR) is 74.1 cm³/mol. The molecule has 0 bridgehead atoms. The first-order valence-corrected chi connectivity index (χ1v) is 7.12. The molecule has 1 aromatic heterocycles. The Balaban J connectivity index is 1.64. The Hall–Kier alpha value is -0.910. The summed E-state index contributed by atoms with van der Waals surface area (Å²) in [4.78, 5) is 0. The van der Waals surface area contributed by atoms with E-state index in [0.717, 1.165) is 44.5 Å². The molecule has 1 aliphatic rings. The molecule has 1 aromatic rings. The standard InChI is InChI=1S/C14H25N3O2/c1-12-13(10-15-14-4-5-14)11-17(16-12)6-9-19-8-3-7-18-2/h11,14-15H,3-10H2,1-2H3. The molecule has 0 unspecified atom stereocenters. The van der Waals surface area contributed by atoms with Crippen molar-refractivity contribution >= 4 is 0 Å². The largest absolute Gasteiger partial charge is 0.385 e. The third-order valence-electron chi connectivity index (χ3n) is 3.31. The van der Waals surface area contributed by atoms with Crippen LogP contribution in [0.4, 0.5) is 0 Å². The van der Waals surface area contributed by atoms with E-state index in [4.69, 9.17) is 9.47 Å². The number of aryl methyl sites for hydroxylation is 1. The Bertz CT molecular complexity index is 375. The van der Waals surface area contributed by atoms with Crippen LogP contribution in [0.2, 0.25) is 0 Å². The lowest BCUT2D eigenvalue weighted by atomic mass is 10.2. The number of ether oxygens (including phenoxy) is 2. The number of aromatic nitrogens is 2. The topological polar surface area (TPSA) is 48.3 Å². The number of nitrogens with zero attached hydrogens (tertiary/aromatic N) is 2. The van der Waals surface area contributed by atoms with Crippen LogP contribution in [0, 0.1) is 6.92 Å². The van der Waals surface area contributed by atoms with Gasteiger partial charge in [-0.15, -0.1) is 0 Å². The fourth-order valence-electron chi connectivity index (χ4n) is 1.95. The van der Waals surface area contributed by atoms with Crippen LogP contribution < -0.4 is 5.32 Å². The molecule has 1 fully saturated rings. The van der Waals surface area contributed by atoms with Crippen LogP contribution in [-0.2, 0) is 22.6 Å². The zero-order valence-electron chi connectivity index (χ0n) is 12.0. The lowest BCUT2D eigenvalue weighted by Gasteiger charge is -2.04. The fourth-order valence-corrected chi connectivity index (χ4v) is 1.95. The van der Waals surface area contributed by atoms with E-state index in [1.54, 1.807) is 7.11 Å². The third kappa shape index (κ3) is 5.30. The molecule has 1 saturated carbocycles. The molecule has 0 saturated heterocycles. The minimum Gasteiger partial charge on any atom is -0.385 e. The maximum Gasteiger partial charge on any atom is 0.0662 e. The molecule has 0 spiro atoms. The minimum atomic E-state index is 0.709. The molecule has 2 rings (SSSR count). The second-order valence-electron chi connectivity index (χ2n) is 5.12. The monoisotopic (exact) mass is 267 g/mol. The summed E-state index contributed by atoms with van der Waals surface area (Å²) in [5.41, 5.74) is 2.42. The van der Waals surface area contributed by atoms with E-state index in [1.165, 1.54) is 18.4 Å². The van der Waals surface area contributed by atoms with Gasteiger partial charge in [-0.3, -0.25) is 4.68 Å². The van der Waals surface area contributed by atoms with Gasteiger partial charge in [-0.2, -0.15) is 5.10 Å². The number of hydrogen-bond donors (Lipinski definition) is 1. The van der Waals surface area contributed by atoms with Crippen molar-refractivity contribution in [3.05, 3.63) is 17.5 Å². The lowest BCUT2D eigenvalue weighted by molar-refractivity contribution is 0.0961. The van der Waals surface area contributed by atoms with Crippen molar-refractivity contribution in [1.82, 2.24) is 15.1 Å². The fraction of sp³-hybridized carbons (Fsp3) is 0.786. The third-order valence-corrected chi connectivity index (χ3v) is 3.31. The van der Waals surface area contributed by atoms with Crippen molar-refractivity contribution in [2.75, 3.05) is 26.9 Å². The first-order valence-electron chi connectivity index (χ1n) is 7.12. The molecular formula is C14H25N3O2. The maximum absolute atomic E-state index is 5.54. The van der Waals surface area contributed by atoms with Crippen LogP contribution in [0.15, 0.2) is 6.20 Å². The molecule has 0 aliphatic heterocycles. The first-order chi connectivity index (χ1) is 9.29. The number of nitrogens with one attached hydrogen (secondary N) is 1. The van der Waals surface area contributed by atoms with Gasteiger partial charge in [0.15, 0.2) is 0 Å². The van der Waals surface area contributed by atoms with Gasteiger partial charge in [-0.1, -0.05) is 0 Å². The minimum absolute atomic E-state index is 0.709. The van der Waals surface area contributed by atoms with Crippen LogP contribution >= 0.6 is 0 Å². The lowest BCUT2D eigenvalue weighted by Crippen LogP contribution is -2.15. The van der Waals surface area contributed by atoms with E-state index in [2.05, 4.69) is 23.5 Å². The molecule has 0 amide bonds. The van der Waals surface area contributed by atoms with Crippen molar-refractivity contribution in [3.63, 3.8) is 0 Å². The summed E-state index contributed by atoms with van der Waals surface area (Å²) in [5.74, 6) is 0. The van der Waals surface area contributed by atoms with Gasteiger partial charge in [0.05, 0.1) is 18.8 Å². The molecule has 1 aliphatic carbocycles. The van der Waals surface area contributed by atoms with Gasteiger partial charge in [0, 0.05) is 44.7 Å². The summed E-state index contributed by atoms with van der Waals surface area (Å²) in [6, 6.07) is 0.742. The Kier molecular flexibility index (Phi) is 5.82. The second-order valence-corrected chi connectivity index (χ2v) is 5.12. The SMILES string of the molecule is COCCCOCCn1cc(CNC2CC2)c(C)n1. The molecule has 1 heterocycles. The van der Waals surface area contributed by atoms with Gasteiger partial charge >= 0.3 is 0 Å². The van der Waals surface area contributed by atoms with E-state index in [9.17, 15) is 0 Å². The summed E-state index contributed by atoms with van der Waals surface area (Å²) in [6.45, 7) is 6.05. The smallest absolute Gasteiger partial charge is 0.0662 e. The summed E-state index contributed by atoms with van der Waals surface area (Å²) >= 11 is 0. The van der Waals surface area contributed by atoms with Crippen molar-refractivity contribution in [3.8, 4) is 0 Å². The van der Waals surface area contributed by atoms with Crippen molar-refractivity contribution in [2.24, 2.45) is 0 Å². The van der Waals surface area contributed by atoms with E-state index in [1.807, 2.05) is 4.68 Å². The molecule has 0 aromatic carbocycles. The zero-order valence-corrected chi connectivity index (χ0v) is 12.0. The molecule has 5 nitrogen and oxygen atoms in total. The Morgan fingerprint density at radius 1 is 1.37 bits per heavy atom.